The Labute approximate surface area is 119 Å². The highest BCUT2D eigenvalue weighted by Crippen LogP contribution is 2.24. The fourth-order valence-electron chi connectivity index (χ4n) is 1.61. The maximum absolute atomic E-state index is 12.1. The lowest BCUT2D eigenvalue weighted by atomic mass is 10.1. The first-order chi connectivity index (χ1) is 8.99. The van der Waals surface area contributed by atoms with E-state index in [0.29, 0.717) is 27.5 Å². The number of benzene rings is 1. The molecule has 1 heterocycles. The molecule has 0 atom stereocenters. The van der Waals surface area contributed by atoms with Crippen LogP contribution in [0.2, 0.25) is 0 Å². The Hall–Kier alpha value is -1.82. The van der Waals surface area contributed by atoms with Gasteiger partial charge in [0.15, 0.2) is 5.82 Å². The topological polar surface area (TPSA) is 83.8 Å². The minimum absolute atomic E-state index is 0.249. The number of aromatic nitrogens is 2. The van der Waals surface area contributed by atoms with Gasteiger partial charge in [-0.1, -0.05) is 19.9 Å². The molecule has 19 heavy (non-hydrogen) atoms. The van der Waals surface area contributed by atoms with Crippen molar-refractivity contribution in [3.8, 4) is 0 Å². The number of rotatable bonds is 3. The van der Waals surface area contributed by atoms with E-state index < -0.39 is 0 Å². The Morgan fingerprint density at radius 1 is 1.47 bits per heavy atom. The van der Waals surface area contributed by atoms with Crippen molar-refractivity contribution < 1.29 is 4.79 Å². The average molecular weight is 323 g/mol. The third-order valence-corrected chi connectivity index (χ3v) is 3.62. The molecular formula is C13H15BrN4O. The van der Waals surface area contributed by atoms with Crippen LogP contribution in [0.4, 0.5) is 11.5 Å². The van der Waals surface area contributed by atoms with Gasteiger partial charge in [0.05, 0.1) is 10.0 Å². The molecule has 1 aromatic carbocycles. The van der Waals surface area contributed by atoms with Gasteiger partial charge in [-0.15, -0.1) is 0 Å². The fourth-order valence-corrected chi connectivity index (χ4v) is 2.05. The molecule has 6 heteroatoms. The molecule has 0 fully saturated rings. The smallest absolute Gasteiger partial charge is 0.258 e. The molecule has 4 N–H and O–H groups in total. The van der Waals surface area contributed by atoms with Crippen LogP contribution in [0.5, 0.6) is 0 Å². The van der Waals surface area contributed by atoms with Gasteiger partial charge in [-0.05, 0) is 34.0 Å². The number of hydrogen-bond acceptors (Lipinski definition) is 3. The summed E-state index contributed by atoms with van der Waals surface area (Å²) in [6.07, 6.45) is 0. The lowest BCUT2D eigenvalue weighted by Gasteiger charge is -2.06. The Kier molecular flexibility index (Phi) is 3.90. The van der Waals surface area contributed by atoms with E-state index >= 15 is 0 Å². The third-order valence-electron chi connectivity index (χ3n) is 2.73. The largest absolute Gasteiger partial charge is 0.398 e. The van der Waals surface area contributed by atoms with Crippen molar-refractivity contribution in [3.63, 3.8) is 0 Å². The highest BCUT2D eigenvalue weighted by atomic mass is 79.9. The van der Waals surface area contributed by atoms with E-state index in [0.717, 1.165) is 5.69 Å². The summed E-state index contributed by atoms with van der Waals surface area (Å²) < 4.78 is 0.590. The maximum atomic E-state index is 12.1. The summed E-state index contributed by atoms with van der Waals surface area (Å²) in [7, 11) is 0. The number of nitrogens with two attached hydrogens (primary N) is 1. The van der Waals surface area contributed by atoms with Crippen LogP contribution in [0, 0.1) is 0 Å². The first-order valence-corrected chi connectivity index (χ1v) is 6.69. The predicted octanol–water partition coefficient (Wildman–Crippen LogP) is 3.13. The molecule has 0 unspecified atom stereocenters. The molecular weight excluding hydrogens is 308 g/mol. The minimum atomic E-state index is -0.249. The highest BCUT2D eigenvalue weighted by molar-refractivity contribution is 9.10. The van der Waals surface area contributed by atoms with E-state index in [4.69, 9.17) is 5.73 Å². The van der Waals surface area contributed by atoms with Crippen LogP contribution >= 0.6 is 15.9 Å². The van der Waals surface area contributed by atoms with Gasteiger partial charge >= 0.3 is 0 Å². The first-order valence-electron chi connectivity index (χ1n) is 5.89. The SMILES string of the molecule is CC(C)c1cc(NC(=O)c2cccc(N)c2Br)n[nH]1. The van der Waals surface area contributed by atoms with Crippen molar-refractivity contribution in [1.82, 2.24) is 10.2 Å². The van der Waals surface area contributed by atoms with Gasteiger partial charge in [-0.2, -0.15) is 5.10 Å². The van der Waals surface area contributed by atoms with E-state index in [9.17, 15) is 4.79 Å². The molecule has 0 aliphatic carbocycles. The Morgan fingerprint density at radius 3 is 2.84 bits per heavy atom. The average Bonchev–Trinajstić information content (AvgIpc) is 2.81. The zero-order valence-corrected chi connectivity index (χ0v) is 12.3. The number of anilines is 2. The van der Waals surface area contributed by atoms with Crippen LogP contribution in [0.15, 0.2) is 28.7 Å². The number of carbonyl (C=O) groups excluding carboxylic acids is 1. The van der Waals surface area contributed by atoms with Crippen LogP contribution in [0.25, 0.3) is 0 Å². The predicted molar refractivity (Wildman–Crippen MR) is 79.2 cm³/mol. The van der Waals surface area contributed by atoms with Gasteiger partial charge in [0.25, 0.3) is 5.91 Å². The van der Waals surface area contributed by atoms with E-state index in [2.05, 4.69) is 31.4 Å². The van der Waals surface area contributed by atoms with E-state index in [1.807, 2.05) is 19.9 Å². The van der Waals surface area contributed by atoms with Gasteiger partial charge in [-0.3, -0.25) is 9.89 Å². The molecule has 1 aromatic heterocycles. The number of amides is 1. The lowest BCUT2D eigenvalue weighted by molar-refractivity contribution is 0.102. The van der Waals surface area contributed by atoms with E-state index in [1.165, 1.54) is 0 Å². The zero-order valence-electron chi connectivity index (χ0n) is 10.7. The van der Waals surface area contributed by atoms with Gasteiger partial charge in [0, 0.05) is 17.4 Å². The van der Waals surface area contributed by atoms with Gasteiger partial charge in [0.2, 0.25) is 0 Å². The number of nitrogen functional groups attached to an aromatic ring is 1. The number of nitrogens with one attached hydrogen (secondary N) is 2. The van der Waals surface area contributed by atoms with Crippen molar-refractivity contribution in [3.05, 3.63) is 40.0 Å². The summed E-state index contributed by atoms with van der Waals surface area (Å²) in [6.45, 7) is 4.10. The number of nitrogens with zero attached hydrogens (tertiary/aromatic N) is 1. The number of carbonyl (C=O) groups is 1. The quantitative estimate of drug-likeness (QED) is 0.759. The Balaban J connectivity index is 2.18. The molecule has 0 saturated heterocycles. The number of H-pyrrole nitrogens is 1. The molecule has 2 rings (SSSR count). The number of halogens is 1. The maximum Gasteiger partial charge on any atom is 0.258 e. The normalized spacial score (nSPS) is 10.7. The summed E-state index contributed by atoms with van der Waals surface area (Å²) in [4.78, 5) is 12.1. The third kappa shape index (κ3) is 2.96. The van der Waals surface area contributed by atoms with Gasteiger partial charge in [-0.25, -0.2) is 0 Å². The monoisotopic (exact) mass is 322 g/mol. The summed E-state index contributed by atoms with van der Waals surface area (Å²) in [5.41, 5.74) is 7.73. The van der Waals surface area contributed by atoms with Crippen LogP contribution in [-0.4, -0.2) is 16.1 Å². The summed E-state index contributed by atoms with van der Waals surface area (Å²) >= 11 is 3.31. The molecule has 100 valence electrons. The molecule has 0 radical (unpaired) electrons. The van der Waals surface area contributed by atoms with Crippen LogP contribution in [-0.2, 0) is 0 Å². The van der Waals surface area contributed by atoms with Crippen molar-refractivity contribution in [1.29, 1.82) is 0 Å². The van der Waals surface area contributed by atoms with E-state index in [-0.39, 0.29) is 5.91 Å². The Morgan fingerprint density at radius 2 is 2.21 bits per heavy atom. The minimum Gasteiger partial charge on any atom is -0.398 e. The van der Waals surface area contributed by atoms with Crippen molar-refractivity contribution in [2.75, 3.05) is 11.1 Å². The van der Waals surface area contributed by atoms with Crippen molar-refractivity contribution >= 4 is 33.3 Å². The molecule has 0 spiro atoms. The first kappa shape index (κ1) is 13.6. The number of hydrogen-bond donors (Lipinski definition) is 3. The number of aromatic amines is 1. The second-order valence-electron chi connectivity index (χ2n) is 4.53. The van der Waals surface area contributed by atoms with Crippen LogP contribution < -0.4 is 11.1 Å². The second kappa shape index (κ2) is 5.44. The summed E-state index contributed by atoms with van der Waals surface area (Å²) in [6, 6.07) is 6.99. The van der Waals surface area contributed by atoms with Crippen LogP contribution in [0.1, 0.15) is 35.8 Å². The highest BCUT2D eigenvalue weighted by Gasteiger charge is 2.13. The van der Waals surface area contributed by atoms with Gasteiger partial charge < -0.3 is 11.1 Å². The molecule has 5 nitrogen and oxygen atoms in total. The lowest BCUT2D eigenvalue weighted by Crippen LogP contribution is -2.13. The molecule has 0 aliphatic rings. The Bertz CT molecular complexity index is 606. The molecule has 0 aliphatic heterocycles. The van der Waals surface area contributed by atoms with Crippen molar-refractivity contribution in [2.24, 2.45) is 0 Å². The molecule has 0 saturated carbocycles. The molecule has 0 bridgehead atoms. The molecule has 2 aromatic rings. The van der Waals surface area contributed by atoms with E-state index in [1.54, 1.807) is 18.2 Å². The molecule has 1 amide bonds. The summed E-state index contributed by atoms with van der Waals surface area (Å²) in [5, 5.41) is 9.67. The fraction of sp³-hybridized carbons (Fsp3) is 0.231. The summed E-state index contributed by atoms with van der Waals surface area (Å²) in [5.74, 6) is 0.585. The van der Waals surface area contributed by atoms with Crippen LogP contribution in [0.3, 0.4) is 0 Å². The standard InChI is InChI=1S/C13H15BrN4O/c1-7(2)10-6-11(18-17-10)16-13(19)8-4-3-5-9(15)12(8)14/h3-7H,15H2,1-2H3,(H2,16,17,18,19). The van der Waals surface area contributed by atoms with Crippen molar-refractivity contribution in [2.45, 2.75) is 19.8 Å². The zero-order chi connectivity index (χ0) is 14.0. The second-order valence-corrected chi connectivity index (χ2v) is 5.32. The van der Waals surface area contributed by atoms with Gasteiger partial charge in [0.1, 0.15) is 0 Å².